The third kappa shape index (κ3) is 13.1. The van der Waals surface area contributed by atoms with E-state index in [-0.39, 0.29) is 24.5 Å². The number of primary amides is 1. The van der Waals surface area contributed by atoms with Gasteiger partial charge in [0.05, 0.1) is 19.3 Å². The van der Waals surface area contributed by atoms with E-state index in [9.17, 15) is 28.8 Å². The standard InChI is InChI=1S/C29H49N5O8.C5H12/c1-15(2)17-12-19(24(37)31-16(3)20(35)23(30)36)34(13-17)25(38)21(28(4,5)6)32-27(40)33-22(29(7,8)9)26(39)42-18-10-11-41-14-18;1-4-5(2)3/h15-19,21-22H,10-14H2,1-9H3,(H2,30,36)(H,31,37)(H2,32,33,40);5H,4H2,1-3H3. The highest BCUT2D eigenvalue weighted by Crippen LogP contribution is 2.32. The Kier molecular flexibility index (Phi) is 15.8. The molecule has 5 N–H and O–H groups in total. The predicted molar refractivity (Wildman–Crippen MR) is 179 cm³/mol. The Morgan fingerprint density at radius 3 is 1.85 bits per heavy atom. The number of hydrogen-bond donors (Lipinski definition) is 4. The zero-order valence-corrected chi connectivity index (χ0v) is 30.7. The first kappa shape index (κ1) is 41.8. The number of Topliss-reactive ketones (excluding diaryl/α,β-unsaturated/α-hetero) is 1. The van der Waals surface area contributed by atoms with Crippen molar-refractivity contribution in [3.63, 3.8) is 0 Å². The van der Waals surface area contributed by atoms with E-state index >= 15 is 0 Å². The molecule has 2 aliphatic heterocycles. The lowest BCUT2D eigenvalue weighted by atomic mass is 9.85. The Balaban J connectivity index is 0.00000204. The molecule has 0 aromatic carbocycles. The van der Waals surface area contributed by atoms with Crippen LogP contribution in [0.2, 0.25) is 0 Å². The minimum Gasteiger partial charge on any atom is -0.458 e. The number of nitrogens with one attached hydrogen (secondary N) is 3. The van der Waals surface area contributed by atoms with Crippen molar-refractivity contribution in [2.24, 2.45) is 34.3 Å². The zero-order chi connectivity index (χ0) is 36.4. The first-order chi connectivity index (χ1) is 21.5. The van der Waals surface area contributed by atoms with Gasteiger partial charge in [-0.1, -0.05) is 82.6 Å². The van der Waals surface area contributed by atoms with Gasteiger partial charge in [0.15, 0.2) is 0 Å². The SMILES string of the molecule is CC(NC(=O)C1CC(C(C)C)CN1C(=O)C(NC(=O)NC(C(=O)OC1CCOC1)C(C)(C)C)C(C)(C)C)C(=O)C(N)=O.CCC(C)C. The molecule has 2 heterocycles. The number of urea groups is 1. The third-order valence-corrected chi connectivity index (χ3v) is 8.61. The summed E-state index contributed by atoms with van der Waals surface area (Å²) in [5, 5.41) is 7.94. The van der Waals surface area contributed by atoms with Gasteiger partial charge in [-0.05, 0) is 41.9 Å². The van der Waals surface area contributed by atoms with Gasteiger partial charge in [-0.25, -0.2) is 9.59 Å². The number of ketones is 1. The van der Waals surface area contributed by atoms with Crippen LogP contribution in [0.15, 0.2) is 0 Å². The Morgan fingerprint density at radius 1 is 0.894 bits per heavy atom. The van der Waals surface area contributed by atoms with Crippen LogP contribution in [0.5, 0.6) is 0 Å². The summed E-state index contributed by atoms with van der Waals surface area (Å²) in [6.45, 7) is 23.8. The number of amides is 5. The summed E-state index contributed by atoms with van der Waals surface area (Å²) in [7, 11) is 0. The summed E-state index contributed by atoms with van der Waals surface area (Å²) in [6, 6.07) is -4.88. The maximum Gasteiger partial charge on any atom is 0.329 e. The molecule has 0 radical (unpaired) electrons. The third-order valence-electron chi connectivity index (χ3n) is 8.61. The summed E-state index contributed by atoms with van der Waals surface area (Å²) in [4.78, 5) is 78.3. The van der Waals surface area contributed by atoms with E-state index in [2.05, 4.69) is 36.7 Å². The zero-order valence-electron chi connectivity index (χ0n) is 30.7. The lowest BCUT2D eigenvalue weighted by Crippen LogP contribution is -2.61. The summed E-state index contributed by atoms with van der Waals surface area (Å²) < 4.78 is 10.8. The van der Waals surface area contributed by atoms with Crippen LogP contribution in [0.3, 0.4) is 0 Å². The Labute approximate surface area is 281 Å². The van der Waals surface area contributed by atoms with Crippen LogP contribution in [0.25, 0.3) is 0 Å². The number of nitrogens with zero attached hydrogens (tertiary/aromatic N) is 1. The van der Waals surface area contributed by atoms with Gasteiger partial charge in [0.1, 0.15) is 24.2 Å². The summed E-state index contributed by atoms with van der Waals surface area (Å²) >= 11 is 0. The van der Waals surface area contributed by atoms with Crippen molar-refractivity contribution in [2.45, 2.75) is 133 Å². The van der Waals surface area contributed by atoms with Gasteiger partial charge in [-0.15, -0.1) is 0 Å². The van der Waals surface area contributed by atoms with Gasteiger partial charge in [-0.3, -0.25) is 19.2 Å². The van der Waals surface area contributed by atoms with E-state index in [1.165, 1.54) is 18.2 Å². The first-order valence-electron chi connectivity index (χ1n) is 16.8. The van der Waals surface area contributed by atoms with E-state index in [1.807, 2.05) is 13.8 Å². The number of carbonyl (C=O) groups excluding carboxylic acids is 6. The number of hydrogen-bond acceptors (Lipinski definition) is 8. The molecule has 6 atom stereocenters. The van der Waals surface area contributed by atoms with Crippen molar-refractivity contribution in [2.75, 3.05) is 19.8 Å². The van der Waals surface area contributed by atoms with Gasteiger partial charge in [-0.2, -0.15) is 0 Å². The normalized spacial score (nSPS) is 21.7. The molecule has 2 rings (SSSR count). The minimum absolute atomic E-state index is 0.0131. The molecule has 47 heavy (non-hydrogen) atoms. The average molecular weight is 668 g/mol. The van der Waals surface area contributed by atoms with Crippen molar-refractivity contribution in [1.29, 1.82) is 0 Å². The number of ether oxygens (including phenoxy) is 2. The Morgan fingerprint density at radius 2 is 1.43 bits per heavy atom. The van der Waals surface area contributed by atoms with E-state index in [0.717, 1.165) is 5.92 Å². The summed E-state index contributed by atoms with van der Waals surface area (Å²) in [5.41, 5.74) is 3.60. The van der Waals surface area contributed by atoms with Gasteiger partial charge in [0, 0.05) is 13.0 Å². The van der Waals surface area contributed by atoms with Crippen molar-refractivity contribution in [3.05, 3.63) is 0 Å². The maximum absolute atomic E-state index is 14.0. The molecule has 0 aromatic heterocycles. The molecular formula is C34H61N5O8. The Hall–Kier alpha value is -3.22. The van der Waals surface area contributed by atoms with Crippen LogP contribution in [-0.4, -0.2) is 90.4 Å². The van der Waals surface area contributed by atoms with Crippen LogP contribution in [0.1, 0.15) is 102 Å². The van der Waals surface area contributed by atoms with E-state index in [4.69, 9.17) is 15.2 Å². The fraction of sp³-hybridized carbons (Fsp3) is 0.824. The number of carbonyl (C=O) groups is 6. The van der Waals surface area contributed by atoms with E-state index in [1.54, 1.807) is 41.5 Å². The van der Waals surface area contributed by atoms with Crippen LogP contribution < -0.4 is 21.7 Å². The van der Waals surface area contributed by atoms with Crippen molar-refractivity contribution in [1.82, 2.24) is 20.9 Å². The second kappa shape index (κ2) is 17.8. The lowest BCUT2D eigenvalue weighted by Gasteiger charge is -2.36. The largest absolute Gasteiger partial charge is 0.458 e. The van der Waals surface area contributed by atoms with Crippen molar-refractivity contribution in [3.8, 4) is 0 Å². The highest BCUT2D eigenvalue weighted by atomic mass is 16.6. The average Bonchev–Trinajstić information content (AvgIpc) is 3.63. The van der Waals surface area contributed by atoms with Gasteiger partial charge in [0.25, 0.3) is 5.91 Å². The molecule has 13 heteroatoms. The van der Waals surface area contributed by atoms with Crippen LogP contribution in [0.4, 0.5) is 4.79 Å². The smallest absolute Gasteiger partial charge is 0.329 e. The Bertz CT molecular complexity index is 1100. The fourth-order valence-electron chi connectivity index (χ4n) is 5.02. The molecule has 13 nitrogen and oxygen atoms in total. The van der Waals surface area contributed by atoms with Crippen molar-refractivity contribution < 1.29 is 38.2 Å². The second-order valence-corrected chi connectivity index (χ2v) is 15.6. The van der Waals surface area contributed by atoms with E-state index < -0.39 is 70.5 Å². The molecule has 0 spiro atoms. The molecule has 0 bridgehead atoms. The molecule has 2 saturated heterocycles. The number of nitrogens with two attached hydrogens (primary N) is 1. The van der Waals surface area contributed by atoms with Crippen molar-refractivity contribution >= 4 is 35.5 Å². The molecule has 5 amide bonds. The molecule has 2 fully saturated rings. The molecule has 2 aliphatic rings. The quantitative estimate of drug-likeness (QED) is 0.191. The molecule has 0 saturated carbocycles. The first-order valence-corrected chi connectivity index (χ1v) is 16.8. The molecular weight excluding hydrogens is 606 g/mol. The molecule has 270 valence electrons. The van der Waals surface area contributed by atoms with E-state index in [0.29, 0.717) is 26.1 Å². The van der Waals surface area contributed by atoms with Gasteiger partial charge >= 0.3 is 12.0 Å². The minimum atomic E-state index is -1.17. The molecule has 0 aliphatic carbocycles. The summed E-state index contributed by atoms with van der Waals surface area (Å²) in [5.74, 6) is -2.75. The maximum atomic E-state index is 14.0. The lowest BCUT2D eigenvalue weighted by molar-refractivity contribution is -0.154. The van der Waals surface area contributed by atoms with Crippen LogP contribution in [0, 0.1) is 28.6 Å². The van der Waals surface area contributed by atoms with Crippen LogP contribution in [-0.2, 0) is 33.4 Å². The second-order valence-electron chi connectivity index (χ2n) is 15.6. The van der Waals surface area contributed by atoms with Gasteiger partial charge in [0.2, 0.25) is 17.6 Å². The number of esters is 1. The number of rotatable bonds is 11. The summed E-state index contributed by atoms with van der Waals surface area (Å²) in [6.07, 6.45) is 1.84. The van der Waals surface area contributed by atoms with Crippen LogP contribution >= 0.6 is 0 Å². The monoisotopic (exact) mass is 667 g/mol. The molecule has 6 unspecified atom stereocenters. The topological polar surface area (TPSA) is 186 Å². The highest BCUT2D eigenvalue weighted by Gasteiger charge is 2.46. The number of likely N-dealkylation sites (tertiary alicyclic amines) is 1. The highest BCUT2D eigenvalue weighted by molar-refractivity contribution is 6.37. The molecule has 0 aromatic rings. The predicted octanol–water partition coefficient (Wildman–Crippen LogP) is 2.93. The van der Waals surface area contributed by atoms with Gasteiger partial charge < -0.3 is 36.1 Å². The fourth-order valence-corrected chi connectivity index (χ4v) is 5.02.